The molecule has 0 spiro atoms. The first-order chi connectivity index (χ1) is 12.9. The molecule has 1 amide bonds. The van der Waals surface area contributed by atoms with E-state index in [4.69, 9.17) is 4.74 Å². The number of carbonyl (C=O) groups is 1. The number of anilines is 2. The van der Waals surface area contributed by atoms with Gasteiger partial charge in [-0.2, -0.15) is 5.10 Å². The van der Waals surface area contributed by atoms with E-state index in [0.29, 0.717) is 11.9 Å². The number of hydrogen-bond acceptors (Lipinski definition) is 6. The summed E-state index contributed by atoms with van der Waals surface area (Å²) in [7, 11) is 1.88. The maximum absolute atomic E-state index is 12.0. The molecule has 27 heavy (non-hydrogen) atoms. The molecule has 2 aromatic rings. The summed E-state index contributed by atoms with van der Waals surface area (Å²) in [6.45, 7) is 3.99. The van der Waals surface area contributed by atoms with Crippen LogP contribution in [0, 0.1) is 6.92 Å². The lowest BCUT2D eigenvalue weighted by molar-refractivity contribution is 0.0967. The van der Waals surface area contributed by atoms with Crippen LogP contribution in [0.1, 0.15) is 56.2 Å². The average molecular weight is 370 g/mol. The fourth-order valence-electron chi connectivity index (χ4n) is 3.55. The zero-order valence-electron chi connectivity index (χ0n) is 16.0. The molecule has 2 aliphatic carbocycles. The zero-order chi connectivity index (χ0) is 19.0. The van der Waals surface area contributed by atoms with Crippen LogP contribution < -0.4 is 10.6 Å². The Labute approximate surface area is 158 Å². The van der Waals surface area contributed by atoms with Gasteiger partial charge in [0.15, 0.2) is 0 Å². The van der Waals surface area contributed by atoms with Gasteiger partial charge in [0, 0.05) is 31.0 Å². The summed E-state index contributed by atoms with van der Waals surface area (Å²) in [5.41, 5.74) is 1.98. The number of rotatable bonds is 5. The van der Waals surface area contributed by atoms with Crippen molar-refractivity contribution >= 4 is 17.9 Å². The summed E-state index contributed by atoms with van der Waals surface area (Å²) in [6.07, 6.45) is 8.14. The summed E-state index contributed by atoms with van der Waals surface area (Å²) >= 11 is 0. The lowest BCUT2D eigenvalue weighted by Crippen LogP contribution is -2.36. The molecule has 8 heteroatoms. The van der Waals surface area contributed by atoms with Crippen LogP contribution in [0.4, 0.5) is 16.6 Å². The molecule has 2 N–H and O–H groups in total. The van der Waals surface area contributed by atoms with Gasteiger partial charge < -0.3 is 15.4 Å². The predicted molar refractivity (Wildman–Crippen MR) is 101 cm³/mol. The molecule has 144 valence electrons. The second-order valence-electron chi connectivity index (χ2n) is 7.98. The highest BCUT2D eigenvalue weighted by Crippen LogP contribution is 2.37. The van der Waals surface area contributed by atoms with Gasteiger partial charge in [-0.3, -0.25) is 4.68 Å². The highest BCUT2D eigenvalue weighted by Gasteiger charge is 2.40. The maximum atomic E-state index is 12.0. The van der Waals surface area contributed by atoms with E-state index >= 15 is 0 Å². The normalized spacial score (nSPS) is 23.1. The van der Waals surface area contributed by atoms with Gasteiger partial charge in [-0.1, -0.05) is 0 Å². The largest absolute Gasteiger partial charge is 0.446 e. The Balaban J connectivity index is 1.31. The van der Waals surface area contributed by atoms with Gasteiger partial charge in [0.2, 0.25) is 5.95 Å². The van der Waals surface area contributed by atoms with E-state index in [1.165, 1.54) is 0 Å². The van der Waals surface area contributed by atoms with E-state index < -0.39 is 0 Å². The Bertz CT molecular complexity index is 827. The second kappa shape index (κ2) is 6.83. The smallest absolute Gasteiger partial charge is 0.407 e. The summed E-state index contributed by atoms with van der Waals surface area (Å²) < 4.78 is 7.35. The molecule has 0 radical (unpaired) electrons. The fraction of sp³-hybridized carbons (Fsp3) is 0.579. The number of hydrogen-bond donors (Lipinski definition) is 2. The predicted octanol–water partition coefficient (Wildman–Crippen LogP) is 3.18. The number of alkyl carbamates (subject to hydrolysis) is 1. The molecule has 4 rings (SSSR count). The Hall–Kier alpha value is -2.64. The first-order valence-electron chi connectivity index (χ1n) is 9.49. The van der Waals surface area contributed by atoms with Crippen LogP contribution in [0.25, 0.3) is 0 Å². The lowest BCUT2D eigenvalue weighted by Gasteiger charge is -2.16. The third-order valence-electron chi connectivity index (χ3n) is 5.45. The summed E-state index contributed by atoms with van der Waals surface area (Å²) in [6, 6.07) is 1.95. The number of carbonyl (C=O) groups excluding carboxylic acids is 1. The van der Waals surface area contributed by atoms with Gasteiger partial charge in [0.25, 0.3) is 0 Å². The van der Waals surface area contributed by atoms with E-state index in [1.807, 2.05) is 39.4 Å². The van der Waals surface area contributed by atoms with Crippen molar-refractivity contribution in [3.05, 3.63) is 29.7 Å². The zero-order valence-corrected chi connectivity index (χ0v) is 16.0. The quantitative estimate of drug-likeness (QED) is 0.839. The molecule has 2 saturated carbocycles. The van der Waals surface area contributed by atoms with E-state index in [1.54, 1.807) is 4.68 Å². The molecule has 2 atom stereocenters. The van der Waals surface area contributed by atoms with E-state index in [-0.39, 0.29) is 17.7 Å². The molecule has 0 bridgehead atoms. The molecule has 2 aliphatic rings. The minimum absolute atomic E-state index is 0.0347. The molecule has 2 heterocycles. The summed E-state index contributed by atoms with van der Waals surface area (Å²) in [5.74, 6) is 1.72. The first-order valence-corrected chi connectivity index (χ1v) is 9.49. The van der Waals surface area contributed by atoms with E-state index in [2.05, 4.69) is 25.7 Å². The molecule has 0 saturated heterocycles. The lowest BCUT2D eigenvalue weighted by atomic mass is 10.0. The van der Waals surface area contributed by atoms with Crippen molar-refractivity contribution in [3.8, 4) is 0 Å². The van der Waals surface area contributed by atoms with Crippen LogP contribution in [-0.4, -0.2) is 37.5 Å². The Morgan fingerprint density at radius 2 is 2.04 bits per heavy atom. The Kier molecular flexibility index (Phi) is 4.49. The van der Waals surface area contributed by atoms with Crippen LogP contribution in [-0.2, 0) is 11.8 Å². The Morgan fingerprint density at radius 3 is 2.67 bits per heavy atom. The van der Waals surface area contributed by atoms with Crippen molar-refractivity contribution in [2.24, 2.45) is 7.05 Å². The van der Waals surface area contributed by atoms with Gasteiger partial charge in [-0.25, -0.2) is 14.8 Å². The number of nitrogens with zero attached hydrogens (tertiary/aromatic N) is 4. The SMILES string of the molecule is Cc1cc(Nc2ncc([C@H]3CC[C@@H](OC(=O)NC4(C)CC4)C3)cn2)n(C)n1. The molecule has 0 aromatic carbocycles. The van der Waals surface area contributed by atoms with Crippen LogP contribution in [0.5, 0.6) is 0 Å². The number of aryl methyl sites for hydroxylation is 2. The minimum atomic E-state index is -0.289. The third-order valence-corrected chi connectivity index (χ3v) is 5.45. The molecule has 0 unspecified atom stereocenters. The van der Waals surface area contributed by atoms with Crippen molar-refractivity contribution in [2.45, 2.75) is 63.5 Å². The number of ether oxygens (including phenoxy) is 1. The van der Waals surface area contributed by atoms with Crippen molar-refractivity contribution in [1.82, 2.24) is 25.1 Å². The summed E-state index contributed by atoms with van der Waals surface area (Å²) in [4.78, 5) is 20.8. The highest BCUT2D eigenvalue weighted by molar-refractivity contribution is 5.69. The summed E-state index contributed by atoms with van der Waals surface area (Å²) in [5, 5.41) is 10.4. The topological polar surface area (TPSA) is 94.0 Å². The standard InChI is InChI=1S/C19H26N6O2/c1-12-8-16(25(3)24-12)22-17-20-10-14(11-21-17)13-4-5-15(9-13)27-18(26)23-19(2)6-7-19/h8,10-11,13,15H,4-7,9H2,1-3H3,(H,23,26)(H,20,21,22)/t13-,15+/m0/s1. The van der Waals surface area contributed by atoms with Crippen LogP contribution in [0.3, 0.4) is 0 Å². The number of amides is 1. The van der Waals surface area contributed by atoms with Crippen molar-refractivity contribution in [3.63, 3.8) is 0 Å². The van der Waals surface area contributed by atoms with Crippen molar-refractivity contribution < 1.29 is 9.53 Å². The van der Waals surface area contributed by atoms with Crippen molar-refractivity contribution in [2.75, 3.05) is 5.32 Å². The van der Waals surface area contributed by atoms with Gasteiger partial charge in [-0.15, -0.1) is 0 Å². The number of nitrogens with one attached hydrogen (secondary N) is 2. The Morgan fingerprint density at radius 1 is 1.30 bits per heavy atom. The molecular weight excluding hydrogens is 344 g/mol. The third kappa shape index (κ3) is 4.20. The first kappa shape index (κ1) is 17.8. The number of aromatic nitrogens is 4. The highest BCUT2D eigenvalue weighted by atomic mass is 16.6. The maximum Gasteiger partial charge on any atom is 0.407 e. The average Bonchev–Trinajstić information content (AvgIpc) is 3.01. The van der Waals surface area contributed by atoms with Crippen LogP contribution in [0.2, 0.25) is 0 Å². The van der Waals surface area contributed by atoms with E-state index in [9.17, 15) is 4.79 Å². The molecule has 0 aliphatic heterocycles. The fourth-order valence-corrected chi connectivity index (χ4v) is 3.55. The van der Waals surface area contributed by atoms with Gasteiger partial charge in [-0.05, 0) is 57.4 Å². The molecule has 2 fully saturated rings. The van der Waals surface area contributed by atoms with E-state index in [0.717, 1.165) is 49.2 Å². The van der Waals surface area contributed by atoms with Crippen LogP contribution in [0.15, 0.2) is 18.5 Å². The van der Waals surface area contributed by atoms with Crippen LogP contribution >= 0.6 is 0 Å². The second-order valence-corrected chi connectivity index (χ2v) is 7.98. The minimum Gasteiger partial charge on any atom is -0.446 e. The monoisotopic (exact) mass is 370 g/mol. The molecular formula is C19H26N6O2. The van der Waals surface area contributed by atoms with Crippen molar-refractivity contribution in [1.29, 1.82) is 0 Å². The van der Waals surface area contributed by atoms with Gasteiger partial charge in [0.05, 0.1) is 5.69 Å². The molecule has 8 nitrogen and oxygen atoms in total. The van der Waals surface area contributed by atoms with Gasteiger partial charge >= 0.3 is 6.09 Å². The molecule has 2 aromatic heterocycles. The van der Waals surface area contributed by atoms with Gasteiger partial charge in [0.1, 0.15) is 11.9 Å².